The normalized spacial score (nSPS) is 25.1. The first kappa shape index (κ1) is 12.4. The molecule has 17 heavy (non-hydrogen) atoms. The molecule has 1 saturated carbocycles. The molecule has 1 aromatic rings. The van der Waals surface area contributed by atoms with E-state index in [9.17, 15) is 0 Å². The Labute approximate surface area is 103 Å². The van der Waals surface area contributed by atoms with Gasteiger partial charge < -0.3 is 14.8 Å². The van der Waals surface area contributed by atoms with Crippen LogP contribution in [0.5, 0.6) is 5.75 Å². The van der Waals surface area contributed by atoms with Gasteiger partial charge in [0.25, 0.3) is 0 Å². The van der Waals surface area contributed by atoms with Crippen LogP contribution < -0.4 is 10.1 Å². The number of nitrogens with one attached hydrogen (secondary N) is 1. The first-order chi connectivity index (χ1) is 8.22. The fraction of sp³-hybridized carbons (Fsp3) is 0.571. The summed E-state index contributed by atoms with van der Waals surface area (Å²) in [7, 11) is 3.48. The largest absolute Gasteiger partial charge is 0.497 e. The number of hydrogen-bond donors (Lipinski definition) is 1. The summed E-state index contributed by atoms with van der Waals surface area (Å²) >= 11 is 0. The summed E-state index contributed by atoms with van der Waals surface area (Å²) in [6, 6.07) is 9.21. The van der Waals surface area contributed by atoms with Gasteiger partial charge in [-0.05, 0) is 37.5 Å². The molecule has 2 rings (SSSR count). The minimum atomic E-state index is 0.378. The second-order valence-corrected chi connectivity index (χ2v) is 4.69. The van der Waals surface area contributed by atoms with Gasteiger partial charge in [-0.15, -0.1) is 0 Å². The van der Waals surface area contributed by atoms with Crippen molar-refractivity contribution in [3.63, 3.8) is 0 Å². The highest BCUT2D eigenvalue weighted by atomic mass is 16.5. The third kappa shape index (κ3) is 2.99. The highest BCUT2D eigenvalue weighted by Crippen LogP contribution is 2.26. The zero-order chi connectivity index (χ0) is 12.3. The monoisotopic (exact) mass is 235 g/mol. The quantitative estimate of drug-likeness (QED) is 0.850. The molecule has 0 aliphatic heterocycles. The highest BCUT2D eigenvalue weighted by molar-refractivity contribution is 5.28. The van der Waals surface area contributed by atoms with Crippen molar-refractivity contribution in [3.05, 3.63) is 29.8 Å². The minimum absolute atomic E-state index is 0.378. The fourth-order valence-corrected chi connectivity index (χ4v) is 2.24. The number of benzene rings is 1. The van der Waals surface area contributed by atoms with Crippen molar-refractivity contribution >= 4 is 0 Å². The topological polar surface area (TPSA) is 30.5 Å². The molecule has 0 heterocycles. The molecular formula is C14H21NO2. The van der Waals surface area contributed by atoms with Crippen molar-refractivity contribution in [3.8, 4) is 5.75 Å². The van der Waals surface area contributed by atoms with Crippen molar-refractivity contribution in [2.24, 2.45) is 0 Å². The SMILES string of the molecule is COc1ccc([C@H](C)NC2CC(OC)C2)cc1. The Hall–Kier alpha value is -1.06. The lowest BCUT2D eigenvalue weighted by molar-refractivity contribution is 0.0147. The van der Waals surface area contributed by atoms with Crippen LogP contribution in [0.2, 0.25) is 0 Å². The second kappa shape index (κ2) is 5.52. The summed E-state index contributed by atoms with van der Waals surface area (Å²) < 4.78 is 10.4. The van der Waals surface area contributed by atoms with Crippen molar-refractivity contribution in [1.29, 1.82) is 0 Å². The molecule has 1 aliphatic rings. The van der Waals surface area contributed by atoms with Gasteiger partial charge in [0.2, 0.25) is 0 Å². The van der Waals surface area contributed by atoms with E-state index >= 15 is 0 Å². The van der Waals surface area contributed by atoms with E-state index in [2.05, 4.69) is 24.4 Å². The van der Waals surface area contributed by atoms with Gasteiger partial charge in [-0.2, -0.15) is 0 Å². The average Bonchev–Trinajstić information content (AvgIpc) is 2.33. The third-order valence-electron chi connectivity index (χ3n) is 3.53. The van der Waals surface area contributed by atoms with Crippen LogP contribution in [0.3, 0.4) is 0 Å². The summed E-state index contributed by atoms with van der Waals surface area (Å²) in [5, 5.41) is 3.61. The second-order valence-electron chi connectivity index (χ2n) is 4.69. The molecule has 0 aromatic heterocycles. The molecule has 0 unspecified atom stereocenters. The van der Waals surface area contributed by atoms with Crippen LogP contribution >= 0.6 is 0 Å². The molecular weight excluding hydrogens is 214 g/mol. The maximum Gasteiger partial charge on any atom is 0.118 e. The predicted octanol–water partition coefficient (Wildman–Crippen LogP) is 2.52. The number of ether oxygens (including phenoxy) is 2. The van der Waals surface area contributed by atoms with Gasteiger partial charge >= 0.3 is 0 Å². The molecule has 0 saturated heterocycles. The van der Waals surface area contributed by atoms with Crippen LogP contribution in [0, 0.1) is 0 Å². The van der Waals surface area contributed by atoms with Gasteiger partial charge in [0.15, 0.2) is 0 Å². The zero-order valence-electron chi connectivity index (χ0n) is 10.8. The Kier molecular flexibility index (Phi) is 4.02. The maximum absolute atomic E-state index is 5.28. The summed E-state index contributed by atoms with van der Waals surface area (Å²) in [4.78, 5) is 0. The van der Waals surface area contributed by atoms with E-state index < -0.39 is 0 Å². The summed E-state index contributed by atoms with van der Waals surface area (Å²) in [6.07, 6.45) is 2.70. The van der Waals surface area contributed by atoms with Crippen LogP contribution in [-0.2, 0) is 4.74 Å². The maximum atomic E-state index is 5.28. The Bertz CT molecular complexity index is 344. The summed E-state index contributed by atoms with van der Waals surface area (Å²) in [6.45, 7) is 2.20. The Balaban J connectivity index is 1.84. The van der Waals surface area contributed by atoms with Gasteiger partial charge in [-0.1, -0.05) is 12.1 Å². The minimum Gasteiger partial charge on any atom is -0.497 e. The molecule has 0 bridgehead atoms. The van der Waals surface area contributed by atoms with Crippen LogP contribution in [0.25, 0.3) is 0 Å². The average molecular weight is 235 g/mol. The Morgan fingerprint density at radius 2 is 1.82 bits per heavy atom. The molecule has 0 radical (unpaired) electrons. The number of rotatable bonds is 5. The molecule has 1 fully saturated rings. The smallest absolute Gasteiger partial charge is 0.118 e. The Morgan fingerprint density at radius 1 is 1.18 bits per heavy atom. The van der Waals surface area contributed by atoms with E-state index in [1.54, 1.807) is 14.2 Å². The van der Waals surface area contributed by atoms with E-state index in [-0.39, 0.29) is 0 Å². The van der Waals surface area contributed by atoms with Gasteiger partial charge in [0.1, 0.15) is 5.75 Å². The van der Waals surface area contributed by atoms with Crippen LogP contribution in [0.1, 0.15) is 31.4 Å². The van der Waals surface area contributed by atoms with Crippen LogP contribution in [0.15, 0.2) is 24.3 Å². The number of methoxy groups -OCH3 is 2. The molecule has 0 amide bonds. The molecule has 0 spiro atoms. The van der Waals surface area contributed by atoms with E-state index in [1.165, 1.54) is 5.56 Å². The van der Waals surface area contributed by atoms with Gasteiger partial charge in [-0.3, -0.25) is 0 Å². The van der Waals surface area contributed by atoms with Gasteiger partial charge in [-0.25, -0.2) is 0 Å². The number of hydrogen-bond acceptors (Lipinski definition) is 3. The van der Waals surface area contributed by atoms with Crippen molar-refractivity contribution in [1.82, 2.24) is 5.32 Å². The lowest BCUT2D eigenvalue weighted by atomic mass is 9.88. The van der Waals surface area contributed by atoms with Crippen LogP contribution in [-0.4, -0.2) is 26.4 Å². The molecule has 3 nitrogen and oxygen atoms in total. The van der Waals surface area contributed by atoms with Crippen molar-refractivity contribution < 1.29 is 9.47 Å². The van der Waals surface area contributed by atoms with E-state index in [1.807, 2.05) is 12.1 Å². The van der Waals surface area contributed by atoms with Crippen molar-refractivity contribution in [2.75, 3.05) is 14.2 Å². The van der Waals surface area contributed by atoms with Crippen molar-refractivity contribution in [2.45, 2.75) is 38.0 Å². The zero-order valence-corrected chi connectivity index (χ0v) is 10.8. The molecule has 1 N–H and O–H groups in total. The lowest BCUT2D eigenvalue weighted by Crippen LogP contribution is -2.45. The molecule has 94 valence electrons. The van der Waals surface area contributed by atoms with Gasteiger partial charge in [0, 0.05) is 19.2 Å². The first-order valence-electron chi connectivity index (χ1n) is 6.15. The summed E-state index contributed by atoms with van der Waals surface area (Å²) in [5.41, 5.74) is 1.30. The first-order valence-corrected chi connectivity index (χ1v) is 6.15. The highest BCUT2D eigenvalue weighted by Gasteiger charge is 2.29. The fourth-order valence-electron chi connectivity index (χ4n) is 2.24. The molecule has 1 atom stereocenters. The van der Waals surface area contributed by atoms with Crippen LogP contribution in [0.4, 0.5) is 0 Å². The lowest BCUT2D eigenvalue weighted by Gasteiger charge is -2.36. The van der Waals surface area contributed by atoms with E-state index in [4.69, 9.17) is 9.47 Å². The molecule has 1 aliphatic carbocycles. The van der Waals surface area contributed by atoms with Gasteiger partial charge in [0.05, 0.1) is 13.2 Å². The third-order valence-corrected chi connectivity index (χ3v) is 3.53. The molecule has 1 aromatic carbocycles. The Morgan fingerprint density at radius 3 is 2.35 bits per heavy atom. The standard InChI is InChI=1S/C14H21NO2/c1-10(15-12-8-14(9-12)17-3)11-4-6-13(16-2)7-5-11/h4-7,10,12,14-15H,8-9H2,1-3H3/t10-,12?,14?/m0/s1. The predicted molar refractivity (Wildman–Crippen MR) is 68.4 cm³/mol. The summed E-state index contributed by atoms with van der Waals surface area (Å²) in [5.74, 6) is 0.907. The van der Waals surface area contributed by atoms with E-state index in [0.29, 0.717) is 18.2 Å². The van der Waals surface area contributed by atoms with E-state index in [0.717, 1.165) is 18.6 Å². The molecule has 3 heteroatoms.